The number of hydrogen-bond acceptors (Lipinski definition) is 3. The monoisotopic (exact) mass is 200 g/mol. The molecule has 0 spiro atoms. The largest absolute Gasteiger partial charge is 0.377 e. The number of rotatable bonds is 4. The Balaban J connectivity index is 2.50. The molecule has 2 N–H and O–H groups in total. The average Bonchev–Trinajstić information content (AvgIpc) is 2.64. The topological polar surface area (TPSA) is 55.6 Å². The van der Waals surface area contributed by atoms with Crippen LogP contribution < -0.4 is 5.73 Å². The maximum atomic E-state index is 11.9. The summed E-state index contributed by atoms with van der Waals surface area (Å²) in [6, 6.07) is 0. The fraction of sp³-hybridized carbons (Fsp3) is 0.900. The van der Waals surface area contributed by atoms with Gasteiger partial charge in [-0.3, -0.25) is 4.79 Å². The zero-order valence-electron chi connectivity index (χ0n) is 9.03. The van der Waals surface area contributed by atoms with Gasteiger partial charge >= 0.3 is 0 Å². The second-order valence-corrected chi connectivity index (χ2v) is 3.76. The van der Waals surface area contributed by atoms with Gasteiger partial charge in [0.25, 0.3) is 0 Å². The zero-order chi connectivity index (χ0) is 10.6. The Bertz CT molecular complexity index is 197. The molecule has 4 nitrogen and oxygen atoms in total. The molecule has 4 heteroatoms. The second kappa shape index (κ2) is 5.32. The van der Waals surface area contributed by atoms with Crippen molar-refractivity contribution in [3.63, 3.8) is 0 Å². The number of hydrogen-bond donors (Lipinski definition) is 1. The van der Waals surface area contributed by atoms with Gasteiger partial charge < -0.3 is 15.4 Å². The van der Waals surface area contributed by atoms with Crippen LogP contribution in [0.3, 0.4) is 0 Å². The van der Waals surface area contributed by atoms with Crippen LogP contribution >= 0.6 is 0 Å². The van der Waals surface area contributed by atoms with Gasteiger partial charge in [0.1, 0.15) is 0 Å². The van der Waals surface area contributed by atoms with Crippen LogP contribution in [-0.4, -0.2) is 43.7 Å². The smallest absolute Gasteiger partial charge is 0.228 e. The first kappa shape index (κ1) is 11.5. The van der Waals surface area contributed by atoms with Gasteiger partial charge in [-0.05, 0) is 12.8 Å². The quantitative estimate of drug-likeness (QED) is 0.706. The summed E-state index contributed by atoms with van der Waals surface area (Å²) in [5.74, 6) is 0.233. The first-order chi connectivity index (χ1) is 6.70. The van der Waals surface area contributed by atoms with E-state index in [0.717, 1.165) is 12.8 Å². The Hall–Kier alpha value is -0.610. The van der Waals surface area contributed by atoms with E-state index in [1.807, 2.05) is 0 Å². The lowest BCUT2D eigenvalue weighted by Crippen LogP contribution is -2.39. The highest BCUT2D eigenvalue weighted by molar-refractivity contribution is 5.79. The van der Waals surface area contributed by atoms with Gasteiger partial charge in [0.15, 0.2) is 0 Å². The third kappa shape index (κ3) is 2.45. The Labute approximate surface area is 85.4 Å². The van der Waals surface area contributed by atoms with E-state index < -0.39 is 0 Å². The highest BCUT2D eigenvalue weighted by Gasteiger charge is 2.34. The molecule has 2 unspecified atom stereocenters. The molecule has 0 bridgehead atoms. The minimum atomic E-state index is 0.0524. The molecular weight excluding hydrogens is 180 g/mol. The van der Waals surface area contributed by atoms with Crippen molar-refractivity contribution >= 4 is 5.91 Å². The van der Waals surface area contributed by atoms with E-state index in [9.17, 15) is 4.79 Å². The van der Waals surface area contributed by atoms with Crippen LogP contribution in [0.1, 0.15) is 19.8 Å². The summed E-state index contributed by atoms with van der Waals surface area (Å²) in [6.45, 7) is 3.92. The van der Waals surface area contributed by atoms with Crippen LogP contribution in [0.25, 0.3) is 0 Å². The summed E-state index contributed by atoms with van der Waals surface area (Å²) in [5.41, 5.74) is 5.41. The summed E-state index contributed by atoms with van der Waals surface area (Å²) in [5, 5.41) is 0. The molecule has 1 fully saturated rings. The number of nitrogens with two attached hydrogens (primary N) is 1. The summed E-state index contributed by atoms with van der Waals surface area (Å²) < 4.78 is 5.49. The van der Waals surface area contributed by atoms with Crippen molar-refractivity contribution in [3.8, 4) is 0 Å². The van der Waals surface area contributed by atoms with E-state index in [-0.39, 0.29) is 17.9 Å². The Kier molecular flexibility index (Phi) is 4.35. The molecule has 0 saturated carbocycles. The third-order valence-electron chi connectivity index (χ3n) is 2.77. The van der Waals surface area contributed by atoms with Crippen LogP contribution in [0.4, 0.5) is 0 Å². The molecule has 2 atom stereocenters. The molecule has 0 aromatic carbocycles. The maximum Gasteiger partial charge on any atom is 0.228 e. The van der Waals surface area contributed by atoms with Crippen LogP contribution in [0.2, 0.25) is 0 Å². The molecule has 1 saturated heterocycles. The number of nitrogens with zero attached hydrogens (tertiary/aromatic N) is 1. The number of amides is 1. The second-order valence-electron chi connectivity index (χ2n) is 3.76. The van der Waals surface area contributed by atoms with Gasteiger partial charge in [-0.1, -0.05) is 6.92 Å². The molecule has 82 valence electrons. The van der Waals surface area contributed by atoms with Gasteiger partial charge in [0.2, 0.25) is 5.91 Å². The van der Waals surface area contributed by atoms with Crippen molar-refractivity contribution in [1.82, 2.24) is 4.90 Å². The lowest BCUT2D eigenvalue weighted by molar-refractivity contribution is -0.135. The fourth-order valence-corrected chi connectivity index (χ4v) is 1.92. The lowest BCUT2D eigenvalue weighted by atomic mass is 9.98. The first-order valence-electron chi connectivity index (χ1n) is 5.27. The Morgan fingerprint density at radius 1 is 1.64 bits per heavy atom. The highest BCUT2D eigenvalue weighted by Crippen LogP contribution is 2.24. The Morgan fingerprint density at radius 2 is 2.36 bits per heavy atom. The molecule has 14 heavy (non-hydrogen) atoms. The van der Waals surface area contributed by atoms with E-state index in [1.54, 1.807) is 11.9 Å². The van der Waals surface area contributed by atoms with Gasteiger partial charge in [0, 0.05) is 26.7 Å². The summed E-state index contributed by atoms with van der Waals surface area (Å²) in [6.07, 6.45) is 1.88. The van der Waals surface area contributed by atoms with E-state index >= 15 is 0 Å². The third-order valence-corrected chi connectivity index (χ3v) is 2.77. The maximum absolute atomic E-state index is 11.9. The van der Waals surface area contributed by atoms with Crippen molar-refractivity contribution in [2.24, 2.45) is 11.7 Å². The van der Waals surface area contributed by atoms with Crippen molar-refractivity contribution in [1.29, 1.82) is 0 Å². The SMILES string of the molecule is CCC1OCCC1C(=O)N(C)CCN. The van der Waals surface area contributed by atoms with Crippen molar-refractivity contribution < 1.29 is 9.53 Å². The fourth-order valence-electron chi connectivity index (χ4n) is 1.92. The van der Waals surface area contributed by atoms with Gasteiger partial charge in [-0.15, -0.1) is 0 Å². The molecule has 0 aliphatic carbocycles. The summed E-state index contributed by atoms with van der Waals surface area (Å²) in [4.78, 5) is 13.6. The summed E-state index contributed by atoms with van der Waals surface area (Å²) in [7, 11) is 1.81. The minimum Gasteiger partial charge on any atom is -0.377 e. The number of carbonyl (C=O) groups excluding carboxylic acids is 1. The van der Waals surface area contributed by atoms with E-state index in [0.29, 0.717) is 19.7 Å². The van der Waals surface area contributed by atoms with Crippen molar-refractivity contribution in [2.45, 2.75) is 25.9 Å². The first-order valence-corrected chi connectivity index (χ1v) is 5.27. The zero-order valence-corrected chi connectivity index (χ0v) is 9.03. The van der Waals surface area contributed by atoms with Crippen LogP contribution in [0.15, 0.2) is 0 Å². The van der Waals surface area contributed by atoms with Crippen molar-refractivity contribution in [2.75, 3.05) is 26.7 Å². The normalized spacial score (nSPS) is 26.5. The molecule has 1 heterocycles. The molecule has 1 amide bonds. The summed E-state index contributed by atoms with van der Waals surface area (Å²) >= 11 is 0. The van der Waals surface area contributed by atoms with Gasteiger partial charge in [-0.25, -0.2) is 0 Å². The van der Waals surface area contributed by atoms with Crippen LogP contribution in [-0.2, 0) is 9.53 Å². The molecule has 1 rings (SSSR count). The molecule has 1 aliphatic rings. The standard InChI is InChI=1S/C10H20N2O2/c1-3-9-8(4-7-14-9)10(13)12(2)6-5-11/h8-9H,3-7,11H2,1-2H3. The average molecular weight is 200 g/mol. The molecule has 0 aromatic heterocycles. The van der Waals surface area contributed by atoms with E-state index in [4.69, 9.17) is 10.5 Å². The molecule has 0 radical (unpaired) electrons. The molecule has 1 aliphatic heterocycles. The van der Waals surface area contributed by atoms with E-state index in [2.05, 4.69) is 6.92 Å². The predicted octanol–water partition coefficient (Wildman–Crippen LogP) is 0.219. The number of ether oxygens (including phenoxy) is 1. The highest BCUT2D eigenvalue weighted by atomic mass is 16.5. The van der Waals surface area contributed by atoms with Crippen LogP contribution in [0.5, 0.6) is 0 Å². The predicted molar refractivity (Wildman–Crippen MR) is 54.8 cm³/mol. The number of likely N-dealkylation sites (N-methyl/N-ethyl adjacent to an activating group) is 1. The lowest BCUT2D eigenvalue weighted by Gasteiger charge is -2.23. The van der Waals surface area contributed by atoms with Crippen LogP contribution in [0, 0.1) is 5.92 Å². The Morgan fingerprint density at radius 3 is 2.93 bits per heavy atom. The molecule has 0 aromatic rings. The van der Waals surface area contributed by atoms with Gasteiger partial charge in [-0.2, -0.15) is 0 Å². The van der Waals surface area contributed by atoms with E-state index in [1.165, 1.54) is 0 Å². The molecular formula is C10H20N2O2. The van der Waals surface area contributed by atoms with Gasteiger partial charge in [0.05, 0.1) is 12.0 Å². The number of carbonyl (C=O) groups is 1. The minimum absolute atomic E-state index is 0.0524. The van der Waals surface area contributed by atoms with Crippen molar-refractivity contribution in [3.05, 3.63) is 0 Å².